The largest absolute Gasteiger partial charge is 0.340 e. The molecule has 0 saturated carbocycles. The van der Waals surface area contributed by atoms with E-state index in [1.807, 2.05) is 0 Å². The molecule has 18 heavy (non-hydrogen) atoms. The van der Waals surface area contributed by atoms with Crippen LogP contribution < -0.4 is 0 Å². The van der Waals surface area contributed by atoms with Gasteiger partial charge in [0.25, 0.3) is 0 Å². The van der Waals surface area contributed by atoms with Crippen LogP contribution in [0.3, 0.4) is 0 Å². The van der Waals surface area contributed by atoms with Gasteiger partial charge >= 0.3 is 0 Å². The molecule has 3 heteroatoms. The number of aliphatic imine (C=N–C) groups is 1. The first kappa shape index (κ1) is 11.8. The molecule has 0 fully saturated rings. The maximum atomic E-state index is 4.77. The molecule has 2 aliphatic heterocycles. The minimum absolute atomic E-state index is 0.469. The van der Waals surface area contributed by atoms with E-state index in [2.05, 4.69) is 54.5 Å². The van der Waals surface area contributed by atoms with Crippen molar-refractivity contribution in [3.63, 3.8) is 0 Å². The first-order valence-electron chi connectivity index (χ1n) is 6.47. The summed E-state index contributed by atoms with van der Waals surface area (Å²) < 4.78 is 0. The van der Waals surface area contributed by atoms with Gasteiger partial charge in [0, 0.05) is 6.54 Å². The van der Waals surface area contributed by atoms with Crippen molar-refractivity contribution in [2.75, 3.05) is 0 Å². The Labute approximate surface area is 113 Å². The molecule has 3 rings (SSSR count). The fraction of sp³-hybridized carbons (Fsp3) is 0.400. The van der Waals surface area contributed by atoms with Gasteiger partial charge in [-0.3, -0.25) is 4.99 Å². The highest BCUT2D eigenvalue weighted by Crippen LogP contribution is 2.30. The van der Waals surface area contributed by atoms with Crippen LogP contribution in [-0.4, -0.2) is 16.1 Å². The van der Waals surface area contributed by atoms with Crippen LogP contribution in [0.4, 0.5) is 0 Å². The van der Waals surface area contributed by atoms with E-state index in [1.54, 1.807) is 11.8 Å². The van der Waals surface area contributed by atoms with Crippen LogP contribution in [0.1, 0.15) is 25.0 Å². The summed E-state index contributed by atoms with van der Waals surface area (Å²) in [5.74, 6) is 0.609. The van der Waals surface area contributed by atoms with Crippen LogP contribution in [-0.2, 0) is 13.1 Å². The third-order valence-corrected chi connectivity index (χ3v) is 4.45. The van der Waals surface area contributed by atoms with E-state index < -0.39 is 0 Å². The van der Waals surface area contributed by atoms with Crippen molar-refractivity contribution in [1.82, 2.24) is 4.90 Å². The molecule has 1 aromatic carbocycles. The van der Waals surface area contributed by atoms with Crippen LogP contribution in [0.15, 0.2) is 40.7 Å². The average Bonchev–Trinajstić information content (AvgIpc) is 2.57. The smallest absolute Gasteiger partial charge is 0.164 e. The average molecular weight is 258 g/mol. The van der Waals surface area contributed by atoms with Crippen LogP contribution in [0.5, 0.6) is 0 Å². The van der Waals surface area contributed by atoms with Crippen molar-refractivity contribution >= 4 is 16.9 Å². The van der Waals surface area contributed by atoms with Gasteiger partial charge in [-0.25, -0.2) is 0 Å². The quantitative estimate of drug-likeness (QED) is 0.764. The summed E-state index contributed by atoms with van der Waals surface area (Å²) in [5, 5.41) is 3.36. The highest BCUT2D eigenvalue weighted by atomic mass is 32.2. The zero-order valence-corrected chi connectivity index (χ0v) is 11.7. The number of thioether (sulfide) groups is 1. The third-order valence-electron chi connectivity index (χ3n) is 3.58. The van der Waals surface area contributed by atoms with Crippen molar-refractivity contribution in [2.24, 2.45) is 10.9 Å². The molecule has 0 bridgehead atoms. The van der Waals surface area contributed by atoms with E-state index in [1.165, 1.54) is 16.3 Å². The Morgan fingerprint density at radius 1 is 1.28 bits per heavy atom. The predicted octanol–water partition coefficient (Wildman–Crippen LogP) is 3.64. The monoisotopic (exact) mass is 258 g/mol. The molecule has 0 N–H and O–H groups in total. The lowest BCUT2D eigenvalue weighted by Crippen LogP contribution is -2.41. The zero-order chi connectivity index (χ0) is 12.5. The predicted molar refractivity (Wildman–Crippen MR) is 78.5 cm³/mol. The standard InChI is InChI=1S/C15H18N2S/c1-11(2)14-7-8-18-15-16-9-12-5-3-4-6-13(12)10-17(14)15/h3-8,11,14H,9-10H2,1-2H3. The van der Waals surface area contributed by atoms with Crippen molar-refractivity contribution < 1.29 is 0 Å². The summed E-state index contributed by atoms with van der Waals surface area (Å²) in [6.07, 6.45) is 2.31. The van der Waals surface area contributed by atoms with E-state index in [9.17, 15) is 0 Å². The van der Waals surface area contributed by atoms with Gasteiger partial charge in [0.1, 0.15) is 0 Å². The van der Waals surface area contributed by atoms with E-state index in [0.717, 1.165) is 13.1 Å². The van der Waals surface area contributed by atoms with Gasteiger partial charge in [0.2, 0.25) is 0 Å². The maximum absolute atomic E-state index is 4.77. The minimum Gasteiger partial charge on any atom is -0.340 e. The number of fused-ring (bicyclic) bond motifs is 2. The van der Waals surface area contributed by atoms with E-state index in [4.69, 9.17) is 4.99 Å². The third kappa shape index (κ3) is 2.07. The fourth-order valence-electron chi connectivity index (χ4n) is 2.57. The Bertz CT molecular complexity index is 505. The van der Waals surface area contributed by atoms with Crippen LogP contribution in [0.2, 0.25) is 0 Å². The second kappa shape index (κ2) is 4.81. The molecule has 1 atom stereocenters. The molecule has 2 aliphatic rings. The lowest BCUT2D eigenvalue weighted by atomic mass is 10.0. The van der Waals surface area contributed by atoms with Crippen molar-refractivity contribution in [1.29, 1.82) is 0 Å². The van der Waals surface area contributed by atoms with E-state index in [-0.39, 0.29) is 0 Å². The number of hydrogen-bond acceptors (Lipinski definition) is 3. The molecule has 0 aromatic heterocycles. The maximum Gasteiger partial charge on any atom is 0.164 e. The summed E-state index contributed by atoms with van der Waals surface area (Å²) in [5.41, 5.74) is 2.78. The first-order valence-corrected chi connectivity index (χ1v) is 7.35. The first-order chi connectivity index (χ1) is 8.75. The van der Waals surface area contributed by atoms with Crippen LogP contribution in [0, 0.1) is 5.92 Å². The molecular formula is C15H18N2S. The summed E-state index contributed by atoms with van der Waals surface area (Å²) in [6, 6.07) is 9.13. The van der Waals surface area contributed by atoms with E-state index in [0.29, 0.717) is 12.0 Å². The molecule has 2 heterocycles. The highest BCUT2D eigenvalue weighted by molar-refractivity contribution is 8.16. The Hall–Kier alpha value is -1.22. The van der Waals surface area contributed by atoms with Gasteiger partial charge in [0.15, 0.2) is 5.17 Å². The second-order valence-electron chi connectivity index (χ2n) is 5.18. The van der Waals surface area contributed by atoms with E-state index >= 15 is 0 Å². The molecule has 1 aromatic rings. The second-order valence-corrected chi connectivity index (χ2v) is 6.05. The molecule has 0 amide bonds. The Kier molecular flexibility index (Phi) is 3.16. The summed E-state index contributed by atoms with van der Waals surface area (Å²) >= 11 is 1.75. The number of hydrogen-bond donors (Lipinski definition) is 0. The highest BCUT2D eigenvalue weighted by Gasteiger charge is 2.28. The number of amidine groups is 1. The van der Waals surface area contributed by atoms with Gasteiger partial charge in [-0.1, -0.05) is 56.0 Å². The molecular weight excluding hydrogens is 240 g/mol. The molecule has 0 saturated heterocycles. The number of rotatable bonds is 1. The SMILES string of the molecule is CC(C)C1C=CSC2=NCc3ccccc3CN21. The van der Waals surface area contributed by atoms with Crippen molar-refractivity contribution in [2.45, 2.75) is 33.0 Å². The van der Waals surface area contributed by atoms with Gasteiger partial charge in [-0.2, -0.15) is 0 Å². The lowest BCUT2D eigenvalue weighted by molar-refractivity contribution is 0.293. The van der Waals surface area contributed by atoms with Crippen LogP contribution in [0.25, 0.3) is 0 Å². The van der Waals surface area contributed by atoms with Gasteiger partial charge in [-0.15, -0.1) is 0 Å². The van der Waals surface area contributed by atoms with Crippen molar-refractivity contribution in [3.05, 3.63) is 46.9 Å². The van der Waals surface area contributed by atoms with Gasteiger partial charge in [-0.05, 0) is 22.5 Å². The molecule has 0 spiro atoms. The van der Waals surface area contributed by atoms with Crippen LogP contribution >= 0.6 is 11.8 Å². The normalized spacial score (nSPS) is 22.3. The molecule has 1 unspecified atom stereocenters. The summed E-state index contributed by atoms with van der Waals surface area (Å²) in [6.45, 7) is 6.35. The fourth-order valence-corrected chi connectivity index (χ4v) is 3.39. The Morgan fingerprint density at radius 2 is 2.06 bits per heavy atom. The zero-order valence-electron chi connectivity index (χ0n) is 10.8. The lowest BCUT2D eigenvalue weighted by Gasteiger charge is -2.36. The summed E-state index contributed by atoms with van der Waals surface area (Å²) in [7, 11) is 0. The summed E-state index contributed by atoms with van der Waals surface area (Å²) in [4.78, 5) is 7.22. The number of nitrogens with zero attached hydrogens (tertiary/aromatic N) is 2. The molecule has 94 valence electrons. The Morgan fingerprint density at radius 3 is 2.83 bits per heavy atom. The molecule has 0 aliphatic carbocycles. The Balaban J connectivity index is 1.98. The molecule has 2 nitrogen and oxygen atoms in total. The molecule has 0 radical (unpaired) electrons. The number of benzene rings is 1. The van der Waals surface area contributed by atoms with Crippen molar-refractivity contribution in [3.8, 4) is 0 Å². The topological polar surface area (TPSA) is 15.6 Å². The minimum atomic E-state index is 0.469. The van der Waals surface area contributed by atoms with Gasteiger partial charge in [0.05, 0.1) is 12.6 Å². The van der Waals surface area contributed by atoms with Gasteiger partial charge < -0.3 is 4.90 Å².